The first-order chi connectivity index (χ1) is 7.34. The van der Waals surface area contributed by atoms with E-state index in [2.05, 4.69) is 5.32 Å². The Labute approximate surface area is 98.9 Å². The molecular formula is C11H14ClNO3. The fourth-order valence-corrected chi connectivity index (χ4v) is 1.48. The Morgan fingerprint density at radius 2 is 2.19 bits per heavy atom. The zero-order chi connectivity index (χ0) is 12.3. The molecule has 1 aromatic rings. The molecule has 1 aromatic carbocycles. The molecule has 5 heteroatoms. The number of hydrogen-bond donors (Lipinski definition) is 3. The van der Waals surface area contributed by atoms with Gasteiger partial charge in [0.2, 0.25) is 0 Å². The van der Waals surface area contributed by atoms with E-state index < -0.39 is 11.6 Å². The maximum Gasteiger partial charge on any atom is 0.337 e. The number of benzene rings is 1. The van der Waals surface area contributed by atoms with Gasteiger partial charge in [0.05, 0.1) is 17.3 Å². The Morgan fingerprint density at radius 3 is 2.69 bits per heavy atom. The van der Waals surface area contributed by atoms with Crippen LogP contribution in [0.2, 0.25) is 5.02 Å². The summed E-state index contributed by atoms with van der Waals surface area (Å²) in [6.45, 7) is 2.98. The molecule has 0 heterocycles. The molecule has 0 bridgehead atoms. The molecule has 0 aromatic heterocycles. The van der Waals surface area contributed by atoms with E-state index in [1.165, 1.54) is 6.92 Å². The quantitative estimate of drug-likeness (QED) is 0.756. The molecule has 1 rings (SSSR count). The summed E-state index contributed by atoms with van der Waals surface area (Å²) in [7, 11) is 0. The van der Waals surface area contributed by atoms with Gasteiger partial charge < -0.3 is 15.5 Å². The van der Waals surface area contributed by atoms with Crippen molar-refractivity contribution in [3.63, 3.8) is 0 Å². The van der Waals surface area contributed by atoms with Crippen LogP contribution in [0.25, 0.3) is 0 Å². The first-order valence-electron chi connectivity index (χ1n) is 4.79. The van der Waals surface area contributed by atoms with Crippen LogP contribution in [0.4, 0.5) is 5.69 Å². The number of nitrogens with one attached hydrogen (secondary N) is 1. The summed E-state index contributed by atoms with van der Waals surface area (Å²) < 4.78 is 0. The molecule has 0 aliphatic carbocycles. The van der Waals surface area contributed by atoms with E-state index in [9.17, 15) is 9.90 Å². The highest BCUT2D eigenvalue weighted by molar-refractivity contribution is 6.33. The van der Waals surface area contributed by atoms with Crippen LogP contribution in [0, 0.1) is 6.92 Å². The molecular weight excluding hydrogens is 230 g/mol. The average molecular weight is 244 g/mol. The van der Waals surface area contributed by atoms with Crippen molar-refractivity contribution in [2.75, 3.05) is 11.9 Å². The number of para-hydroxylation sites is 1. The number of aliphatic carboxylic acids is 1. The third-order valence-electron chi connectivity index (χ3n) is 2.29. The van der Waals surface area contributed by atoms with E-state index in [1.807, 2.05) is 13.0 Å². The van der Waals surface area contributed by atoms with Gasteiger partial charge in [-0.25, -0.2) is 4.79 Å². The second-order valence-corrected chi connectivity index (χ2v) is 4.27. The van der Waals surface area contributed by atoms with Crippen molar-refractivity contribution in [3.8, 4) is 0 Å². The standard InChI is InChI=1S/C11H14ClNO3/c1-7-4-3-5-8(12)9(7)13-6-11(2,16)10(14)15/h3-5,13,16H,6H2,1-2H3,(H,14,15). The lowest BCUT2D eigenvalue weighted by atomic mass is 10.1. The number of aliphatic hydroxyl groups is 1. The molecule has 0 amide bonds. The summed E-state index contributed by atoms with van der Waals surface area (Å²) in [6, 6.07) is 5.36. The van der Waals surface area contributed by atoms with E-state index in [4.69, 9.17) is 16.7 Å². The number of carboxylic acid groups (broad SMARTS) is 1. The minimum Gasteiger partial charge on any atom is -0.479 e. The van der Waals surface area contributed by atoms with Crippen LogP contribution in [0.15, 0.2) is 18.2 Å². The average Bonchev–Trinajstić information content (AvgIpc) is 2.16. The summed E-state index contributed by atoms with van der Waals surface area (Å²) >= 11 is 5.95. The zero-order valence-corrected chi connectivity index (χ0v) is 9.88. The van der Waals surface area contributed by atoms with Crippen LogP contribution in [0.1, 0.15) is 12.5 Å². The Morgan fingerprint density at radius 1 is 1.56 bits per heavy atom. The molecule has 1 unspecified atom stereocenters. The Hall–Kier alpha value is -1.26. The summed E-state index contributed by atoms with van der Waals surface area (Å²) in [5.41, 5.74) is -0.273. The molecule has 88 valence electrons. The molecule has 0 fully saturated rings. The predicted molar refractivity (Wildman–Crippen MR) is 62.9 cm³/mol. The van der Waals surface area contributed by atoms with Crippen molar-refractivity contribution in [1.29, 1.82) is 0 Å². The fourth-order valence-electron chi connectivity index (χ4n) is 1.19. The van der Waals surface area contributed by atoms with Crippen molar-refractivity contribution < 1.29 is 15.0 Å². The van der Waals surface area contributed by atoms with Crippen LogP contribution in [-0.2, 0) is 4.79 Å². The lowest BCUT2D eigenvalue weighted by Gasteiger charge is -2.20. The first kappa shape index (κ1) is 12.8. The van der Waals surface area contributed by atoms with Crippen molar-refractivity contribution in [3.05, 3.63) is 28.8 Å². The van der Waals surface area contributed by atoms with Gasteiger partial charge in [-0.2, -0.15) is 0 Å². The van der Waals surface area contributed by atoms with Crippen LogP contribution >= 0.6 is 11.6 Å². The highest BCUT2D eigenvalue weighted by atomic mass is 35.5. The van der Waals surface area contributed by atoms with Crippen LogP contribution < -0.4 is 5.32 Å². The third-order valence-corrected chi connectivity index (χ3v) is 2.61. The number of carbonyl (C=O) groups is 1. The summed E-state index contributed by atoms with van der Waals surface area (Å²) in [4.78, 5) is 10.7. The predicted octanol–water partition coefficient (Wildman–Crippen LogP) is 1.90. The topological polar surface area (TPSA) is 69.6 Å². The molecule has 0 spiro atoms. The van der Waals surface area contributed by atoms with Gasteiger partial charge in [0.15, 0.2) is 5.60 Å². The largest absolute Gasteiger partial charge is 0.479 e. The van der Waals surface area contributed by atoms with E-state index >= 15 is 0 Å². The summed E-state index contributed by atoms with van der Waals surface area (Å²) in [5, 5.41) is 21.6. The third kappa shape index (κ3) is 2.87. The Kier molecular flexibility index (Phi) is 3.78. The fraction of sp³-hybridized carbons (Fsp3) is 0.364. The van der Waals surface area contributed by atoms with Crippen molar-refractivity contribution in [2.24, 2.45) is 0 Å². The van der Waals surface area contributed by atoms with E-state index in [-0.39, 0.29) is 6.54 Å². The number of carboxylic acids is 1. The van der Waals surface area contributed by atoms with Gasteiger partial charge in [-0.15, -0.1) is 0 Å². The van der Waals surface area contributed by atoms with Gasteiger partial charge in [-0.3, -0.25) is 0 Å². The minimum atomic E-state index is -1.81. The second-order valence-electron chi connectivity index (χ2n) is 3.86. The Balaban J connectivity index is 2.79. The normalized spacial score (nSPS) is 14.2. The zero-order valence-electron chi connectivity index (χ0n) is 9.12. The van der Waals surface area contributed by atoms with Gasteiger partial charge in [-0.05, 0) is 25.5 Å². The SMILES string of the molecule is Cc1cccc(Cl)c1NCC(C)(O)C(=O)O. The van der Waals surface area contributed by atoms with Crippen LogP contribution in [0.3, 0.4) is 0 Å². The smallest absolute Gasteiger partial charge is 0.337 e. The molecule has 0 aliphatic rings. The van der Waals surface area contributed by atoms with Crippen LogP contribution in [0.5, 0.6) is 0 Å². The highest BCUT2D eigenvalue weighted by Gasteiger charge is 2.29. The van der Waals surface area contributed by atoms with Gasteiger partial charge >= 0.3 is 5.97 Å². The number of anilines is 1. The molecule has 0 aliphatic heterocycles. The van der Waals surface area contributed by atoms with Gasteiger partial charge in [0.25, 0.3) is 0 Å². The summed E-state index contributed by atoms with van der Waals surface area (Å²) in [5.74, 6) is -1.27. The molecule has 1 atom stereocenters. The van der Waals surface area contributed by atoms with Gasteiger partial charge in [-0.1, -0.05) is 23.7 Å². The van der Waals surface area contributed by atoms with Gasteiger partial charge in [0.1, 0.15) is 0 Å². The molecule has 0 saturated heterocycles. The number of halogens is 1. The van der Waals surface area contributed by atoms with Crippen molar-refractivity contribution >= 4 is 23.3 Å². The first-order valence-corrected chi connectivity index (χ1v) is 5.17. The second kappa shape index (κ2) is 4.72. The van der Waals surface area contributed by atoms with Crippen molar-refractivity contribution in [1.82, 2.24) is 0 Å². The molecule has 0 radical (unpaired) electrons. The van der Waals surface area contributed by atoms with Crippen molar-refractivity contribution in [2.45, 2.75) is 19.4 Å². The maximum absolute atomic E-state index is 10.7. The maximum atomic E-state index is 10.7. The minimum absolute atomic E-state index is 0.104. The Bertz CT molecular complexity index is 384. The lowest BCUT2D eigenvalue weighted by Crippen LogP contribution is -2.41. The molecule has 3 N–H and O–H groups in total. The number of aryl methyl sites for hydroxylation is 1. The molecule has 0 saturated carbocycles. The number of hydrogen-bond acceptors (Lipinski definition) is 3. The van der Waals surface area contributed by atoms with E-state index in [0.717, 1.165) is 5.56 Å². The van der Waals surface area contributed by atoms with Crippen LogP contribution in [-0.4, -0.2) is 28.3 Å². The van der Waals surface area contributed by atoms with Gasteiger partial charge in [0, 0.05) is 0 Å². The van der Waals surface area contributed by atoms with E-state index in [0.29, 0.717) is 10.7 Å². The van der Waals surface area contributed by atoms with E-state index in [1.54, 1.807) is 12.1 Å². The lowest BCUT2D eigenvalue weighted by molar-refractivity contribution is -0.155. The molecule has 16 heavy (non-hydrogen) atoms. The highest BCUT2D eigenvalue weighted by Crippen LogP contribution is 2.25. The summed E-state index contributed by atoms with van der Waals surface area (Å²) in [6.07, 6.45) is 0. The monoisotopic (exact) mass is 243 g/mol. The molecule has 4 nitrogen and oxygen atoms in total. The number of rotatable bonds is 4.